The molecule has 0 aromatic carbocycles. The summed E-state index contributed by atoms with van der Waals surface area (Å²) in [5, 5.41) is 0. The highest BCUT2D eigenvalue weighted by Crippen LogP contribution is 2.40. The van der Waals surface area contributed by atoms with Crippen LogP contribution in [0.15, 0.2) is 24.4 Å². The zero-order chi connectivity index (χ0) is 14.6. The zero-order valence-corrected chi connectivity index (χ0v) is 11.2. The number of hydrogen-bond donors (Lipinski definition) is 2. The molecule has 0 radical (unpaired) electrons. The van der Waals surface area contributed by atoms with Crippen LogP contribution in [0.25, 0.3) is 0 Å². The molecule has 0 bridgehead atoms. The van der Waals surface area contributed by atoms with E-state index in [9.17, 15) is 13.2 Å². The summed E-state index contributed by atoms with van der Waals surface area (Å²) in [5.41, 5.74) is 3.66. The van der Waals surface area contributed by atoms with Gasteiger partial charge < -0.3 is 0 Å². The lowest BCUT2D eigenvalue weighted by molar-refractivity contribution is -0.184. The molecule has 1 atom stereocenters. The lowest BCUT2D eigenvalue weighted by Gasteiger charge is -2.34. The first-order valence-corrected chi connectivity index (χ1v) is 6.93. The third-order valence-electron chi connectivity index (χ3n) is 4.17. The van der Waals surface area contributed by atoms with E-state index in [4.69, 9.17) is 5.84 Å². The molecule has 2 rings (SSSR count). The molecule has 1 aliphatic carbocycles. The fourth-order valence-electron chi connectivity index (χ4n) is 2.95. The van der Waals surface area contributed by atoms with E-state index in [1.165, 1.54) is 0 Å². The van der Waals surface area contributed by atoms with Crippen molar-refractivity contribution < 1.29 is 13.2 Å². The Hall–Kier alpha value is -1.14. The van der Waals surface area contributed by atoms with E-state index in [1.54, 1.807) is 6.20 Å². The number of nitrogens with zero attached hydrogens (tertiary/aromatic N) is 1. The second-order valence-corrected chi connectivity index (χ2v) is 5.45. The maximum Gasteiger partial charge on any atom is 0.391 e. The minimum Gasteiger partial charge on any atom is -0.271 e. The van der Waals surface area contributed by atoms with E-state index in [-0.39, 0.29) is 24.8 Å². The van der Waals surface area contributed by atoms with Crippen molar-refractivity contribution in [1.29, 1.82) is 0 Å². The molecule has 112 valence electrons. The smallest absolute Gasteiger partial charge is 0.271 e. The number of aromatic nitrogens is 1. The van der Waals surface area contributed by atoms with Crippen molar-refractivity contribution in [2.75, 3.05) is 0 Å². The second-order valence-electron chi connectivity index (χ2n) is 5.45. The summed E-state index contributed by atoms with van der Waals surface area (Å²) in [6, 6.07) is 5.63. The Morgan fingerprint density at radius 2 is 1.95 bits per heavy atom. The molecule has 0 spiro atoms. The van der Waals surface area contributed by atoms with E-state index in [2.05, 4.69) is 10.4 Å². The van der Waals surface area contributed by atoms with Crippen molar-refractivity contribution in [2.45, 2.75) is 44.3 Å². The Morgan fingerprint density at radius 1 is 1.25 bits per heavy atom. The van der Waals surface area contributed by atoms with Crippen LogP contribution in [0.4, 0.5) is 13.2 Å². The monoisotopic (exact) mass is 287 g/mol. The first-order chi connectivity index (χ1) is 9.50. The summed E-state index contributed by atoms with van der Waals surface area (Å²) in [6.07, 6.45) is -0.166. The average molecular weight is 287 g/mol. The lowest BCUT2D eigenvalue weighted by atomic mass is 9.77. The molecule has 1 unspecified atom stereocenters. The molecule has 0 aliphatic heterocycles. The van der Waals surface area contributed by atoms with Gasteiger partial charge in [-0.3, -0.25) is 16.3 Å². The topological polar surface area (TPSA) is 50.9 Å². The fraction of sp³-hybridized carbons (Fsp3) is 0.643. The van der Waals surface area contributed by atoms with Crippen LogP contribution < -0.4 is 11.3 Å². The highest BCUT2D eigenvalue weighted by atomic mass is 19.4. The van der Waals surface area contributed by atoms with Crippen molar-refractivity contribution in [1.82, 2.24) is 10.4 Å². The minimum atomic E-state index is -4.06. The van der Waals surface area contributed by atoms with Crippen LogP contribution in [0.3, 0.4) is 0 Å². The standard InChI is InChI=1S/C14H20F3N3/c15-14(16,17)11-6-4-10(5-7-11)13(20-18)9-12-3-1-2-8-19-12/h1-3,8,10-11,13,20H,4-7,9,18H2. The number of nitrogens with two attached hydrogens (primary N) is 1. The van der Waals surface area contributed by atoms with Gasteiger partial charge in [0.15, 0.2) is 0 Å². The zero-order valence-electron chi connectivity index (χ0n) is 11.2. The Kier molecular flexibility index (Phi) is 4.99. The van der Waals surface area contributed by atoms with Crippen molar-refractivity contribution in [3.8, 4) is 0 Å². The van der Waals surface area contributed by atoms with Gasteiger partial charge in [-0.1, -0.05) is 6.07 Å². The van der Waals surface area contributed by atoms with Crippen molar-refractivity contribution in [3.63, 3.8) is 0 Å². The predicted molar refractivity (Wildman–Crippen MR) is 70.6 cm³/mol. The number of hydrogen-bond acceptors (Lipinski definition) is 3. The lowest BCUT2D eigenvalue weighted by Crippen LogP contribution is -2.44. The van der Waals surface area contributed by atoms with E-state index >= 15 is 0 Å². The van der Waals surface area contributed by atoms with Gasteiger partial charge in [0.2, 0.25) is 0 Å². The van der Waals surface area contributed by atoms with E-state index in [0.29, 0.717) is 19.3 Å². The van der Waals surface area contributed by atoms with E-state index in [0.717, 1.165) is 5.69 Å². The minimum absolute atomic E-state index is 0.0147. The summed E-state index contributed by atoms with van der Waals surface area (Å²) < 4.78 is 37.9. The molecule has 1 heterocycles. The summed E-state index contributed by atoms with van der Waals surface area (Å²) >= 11 is 0. The largest absolute Gasteiger partial charge is 0.391 e. The van der Waals surface area contributed by atoms with Crippen LogP contribution in [0.2, 0.25) is 0 Å². The second kappa shape index (κ2) is 6.54. The Bertz CT molecular complexity index is 400. The third-order valence-corrected chi connectivity index (χ3v) is 4.17. The van der Waals surface area contributed by atoms with Crippen LogP contribution in [0.5, 0.6) is 0 Å². The average Bonchev–Trinajstić information content (AvgIpc) is 2.45. The molecule has 1 aromatic rings. The number of pyridine rings is 1. The normalized spacial score (nSPS) is 25.4. The number of halogens is 3. The van der Waals surface area contributed by atoms with Gasteiger partial charge in [0, 0.05) is 24.4 Å². The molecular weight excluding hydrogens is 267 g/mol. The molecule has 0 amide bonds. The first kappa shape index (κ1) is 15.3. The maximum absolute atomic E-state index is 12.6. The van der Waals surface area contributed by atoms with E-state index in [1.807, 2.05) is 18.2 Å². The predicted octanol–water partition coefficient (Wildman–Crippen LogP) is 2.82. The number of alkyl halides is 3. The number of nitrogens with one attached hydrogen (secondary N) is 1. The molecule has 3 N–H and O–H groups in total. The van der Waals surface area contributed by atoms with Gasteiger partial charge >= 0.3 is 6.18 Å². The number of hydrazine groups is 1. The SMILES string of the molecule is NNC(Cc1ccccn1)C1CCC(C(F)(F)F)CC1. The van der Waals surface area contributed by atoms with Crippen LogP contribution in [-0.4, -0.2) is 17.2 Å². The highest BCUT2D eigenvalue weighted by molar-refractivity contribution is 5.06. The fourth-order valence-corrected chi connectivity index (χ4v) is 2.95. The van der Waals surface area contributed by atoms with Gasteiger partial charge in [-0.25, -0.2) is 0 Å². The molecule has 6 heteroatoms. The summed E-state index contributed by atoms with van der Waals surface area (Å²) in [5.74, 6) is 4.61. The molecular formula is C14H20F3N3. The summed E-state index contributed by atoms with van der Waals surface area (Å²) in [7, 11) is 0. The molecule has 3 nitrogen and oxygen atoms in total. The van der Waals surface area contributed by atoms with Gasteiger partial charge in [-0.05, 0) is 43.7 Å². The maximum atomic E-state index is 12.6. The van der Waals surface area contributed by atoms with Gasteiger partial charge in [-0.2, -0.15) is 13.2 Å². The summed E-state index contributed by atoms with van der Waals surface area (Å²) in [4.78, 5) is 4.24. The van der Waals surface area contributed by atoms with Crippen LogP contribution in [-0.2, 0) is 6.42 Å². The molecule has 20 heavy (non-hydrogen) atoms. The van der Waals surface area contributed by atoms with Gasteiger partial charge in [0.25, 0.3) is 0 Å². The highest BCUT2D eigenvalue weighted by Gasteiger charge is 2.42. The van der Waals surface area contributed by atoms with Crippen LogP contribution >= 0.6 is 0 Å². The molecule has 1 fully saturated rings. The quantitative estimate of drug-likeness (QED) is 0.661. The van der Waals surface area contributed by atoms with Gasteiger partial charge in [0.05, 0.1) is 5.92 Å². The van der Waals surface area contributed by atoms with Gasteiger partial charge in [0.1, 0.15) is 0 Å². The third kappa shape index (κ3) is 3.93. The van der Waals surface area contributed by atoms with Crippen LogP contribution in [0.1, 0.15) is 31.4 Å². The summed E-state index contributed by atoms with van der Waals surface area (Å²) in [6.45, 7) is 0. The van der Waals surface area contributed by atoms with Crippen molar-refractivity contribution in [2.24, 2.45) is 17.7 Å². The Balaban J connectivity index is 1.91. The molecule has 1 aliphatic rings. The molecule has 1 saturated carbocycles. The first-order valence-electron chi connectivity index (χ1n) is 6.93. The number of rotatable bonds is 4. The van der Waals surface area contributed by atoms with Crippen molar-refractivity contribution >= 4 is 0 Å². The van der Waals surface area contributed by atoms with Gasteiger partial charge in [-0.15, -0.1) is 0 Å². The molecule has 1 aromatic heterocycles. The molecule has 0 saturated heterocycles. The van der Waals surface area contributed by atoms with Crippen LogP contribution in [0, 0.1) is 11.8 Å². The van der Waals surface area contributed by atoms with E-state index < -0.39 is 12.1 Å². The van der Waals surface area contributed by atoms with Crippen molar-refractivity contribution in [3.05, 3.63) is 30.1 Å². The Labute approximate surface area is 116 Å². The Morgan fingerprint density at radius 3 is 2.45 bits per heavy atom.